The van der Waals surface area contributed by atoms with Gasteiger partial charge in [-0.15, -0.1) is 0 Å². The summed E-state index contributed by atoms with van der Waals surface area (Å²) in [5.41, 5.74) is 0.752. The van der Waals surface area contributed by atoms with Crippen LogP contribution in [-0.4, -0.2) is 82.6 Å². The average molecular weight is 671 g/mol. The summed E-state index contributed by atoms with van der Waals surface area (Å²) in [6.45, 7) is 5.06. The molecule has 0 radical (unpaired) electrons. The van der Waals surface area contributed by atoms with Crippen molar-refractivity contribution in [3.05, 3.63) is 30.0 Å². The number of alkyl halides is 1. The summed E-state index contributed by atoms with van der Waals surface area (Å²) in [5, 5.41) is 16.0. The van der Waals surface area contributed by atoms with E-state index in [0.717, 1.165) is 37.6 Å². The summed E-state index contributed by atoms with van der Waals surface area (Å²) >= 11 is 0. The summed E-state index contributed by atoms with van der Waals surface area (Å²) in [6, 6.07) is 5.60. The van der Waals surface area contributed by atoms with E-state index in [4.69, 9.17) is 9.47 Å². The quantitative estimate of drug-likeness (QED) is 0.302. The minimum absolute atomic E-state index is 0.0103. The second kappa shape index (κ2) is 14.8. The Kier molecular flexibility index (Phi) is 11.0. The number of aromatic nitrogens is 1. The maximum absolute atomic E-state index is 14.2. The normalized spacial score (nSPS) is 27.0. The fourth-order valence-electron chi connectivity index (χ4n) is 8.24. The molecule has 0 spiro atoms. The molecule has 2 aliphatic carbocycles. The third kappa shape index (κ3) is 7.96. The smallest absolute Gasteiger partial charge is 0.407 e. The Morgan fingerprint density at radius 1 is 1.00 bits per heavy atom. The first-order valence-electron chi connectivity index (χ1n) is 17.3. The number of anilines is 1. The number of methoxy groups -OCH3 is 1. The minimum atomic E-state index is -1.03. The third-order valence-corrected chi connectivity index (χ3v) is 10.7. The number of fused-ring (bicyclic) bond motifs is 1. The lowest BCUT2D eigenvalue weighted by molar-refractivity contribution is -0.142. The largest absolute Gasteiger partial charge is 0.477 e. The van der Waals surface area contributed by atoms with Crippen molar-refractivity contribution in [1.82, 2.24) is 14.8 Å². The first-order chi connectivity index (χ1) is 22.8. The molecular formula is C36H51FN4O7. The van der Waals surface area contributed by atoms with Crippen molar-refractivity contribution in [2.75, 3.05) is 25.6 Å². The molecule has 1 saturated heterocycles. The van der Waals surface area contributed by atoms with E-state index in [1.165, 1.54) is 0 Å². The molecule has 2 aromatic rings. The zero-order chi connectivity index (χ0) is 34.7. The highest BCUT2D eigenvalue weighted by Gasteiger charge is 2.47. The molecule has 12 heteroatoms. The highest BCUT2D eigenvalue weighted by molar-refractivity contribution is 6.01. The molecule has 48 heavy (non-hydrogen) atoms. The van der Waals surface area contributed by atoms with E-state index < -0.39 is 36.4 Å². The second-order valence-corrected chi connectivity index (χ2v) is 14.9. The third-order valence-electron chi connectivity index (χ3n) is 10.7. The average Bonchev–Trinajstić information content (AvgIpc) is 3.64. The highest BCUT2D eigenvalue weighted by atomic mass is 19.1. The van der Waals surface area contributed by atoms with Crippen LogP contribution < -0.4 is 10.6 Å². The lowest BCUT2D eigenvalue weighted by atomic mass is 9.75. The Morgan fingerprint density at radius 3 is 2.29 bits per heavy atom. The number of hydrogen-bond acceptors (Lipinski definition) is 6. The number of ether oxygens (including phenoxy) is 2. The molecule has 3 aliphatic rings. The van der Waals surface area contributed by atoms with Crippen LogP contribution >= 0.6 is 0 Å². The van der Waals surface area contributed by atoms with Gasteiger partial charge in [0, 0.05) is 43.2 Å². The standard InChI is InChI=1S/C36H51FN4O7/c1-36(2,3)48-35(46)39-28(20-37)22-6-8-23(9-7-22)33(43)41-17-16-27(21-10-13-26(47-5)14-11-21)31(41)32(42)38-25-12-15-29-24(18-25)19-30(34(44)45)40(29)4/h12,15,18-19,21-23,26-28,31H,6-11,13-14,16-17,20H2,1-5H3,(H,38,42)(H,39,46)(H,44,45)/t21?,22?,23?,26?,27-,28?,31-/m0/s1. The van der Waals surface area contributed by atoms with Gasteiger partial charge in [0.25, 0.3) is 0 Å². The van der Waals surface area contributed by atoms with Gasteiger partial charge in [0.1, 0.15) is 24.0 Å². The lowest BCUT2D eigenvalue weighted by Gasteiger charge is -2.38. The van der Waals surface area contributed by atoms with E-state index in [1.54, 1.807) is 68.7 Å². The number of aryl methyl sites for hydroxylation is 1. The van der Waals surface area contributed by atoms with Crippen LogP contribution in [0.1, 0.15) is 89.0 Å². The monoisotopic (exact) mass is 670 g/mol. The van der Waals surface area contributed by atoms with E-state index in [1.807, 2.05) is 0 Å². The van der Waals surface area contributed by atoms with E-state index in [2.05, 4.69) is 10.6 Å². The summed E-state index contributed by atoms with van der Waals surface area (Å²) in [7, 11) is 3.43. The van der Waals surface area contributed by atoms with Gasteiger partial charge in [-0.25, -0.2) is 14.0 Å². The molecule has 264 valence electrons. The molecule has 0 bridgehead atoms. The number of rotatable bonds is 9. The number of nitrogens with zero attached hydrogens (tertiary/aromatic N) is 2. The van der Waals surface area contributed by atoms with E-state index in [-0.39, 0.29) is 41.4 Å². The molecule has 3 fully saturated rings. The van der Waals surface area contributed by atoms with Gasteiger partial charge in [-0.3, -0.25) is 9.59 Å². The van der Waals surface area contributed by atoms with Crippen molar-refractivity contribution in [1.29, 1.82) is 0 Å². The van der Waals surface area contributed by atoms with Crippen molar-refractivity contribution < 1.29 is 38.1 Å². The van der Waals surface area contributed by atoms with Gasteiger partial charge in [0.2, 0.25) is 11.8 Å². The van der Waals surface area contributed by atoms with Gasteiger partial charge in [-0.1, -0.05) is 0 Å². The molecule has 1 aromatic carbocycles. The van der Waals surface area contributed by atoms with Crippen LogP contribution in [0.2, 0.25) is 0 Å². The number of amides is 3. The summed E-state index contributed by atoms with van der Waals surface area (Å²) < 4.78 is 26.6. The van der Waals surface area contributed by atoms with Gasteiger partial charge in [-0.05, 0) is 121 Å². The molecule has 1 aromatic heterocycles. The molecule has 3 atom stereocenters. The Hall–Kier alpha value is -3.67. The summed E-state index contributed by atoms with van der Waals surface area (Å²) in [4.78, 5) is 54.1. The van der Waals surface area contributed by atoms with E-state index in [9.17, 15) is 28.7 Å². The summed E-state index contributed by atoms with van der Waals surface area (Å²) in [5.74, 6) is -1.39. The number of carboxylic acid groups (broad SMARTS) is 1. The zero-order valence-corrected chi connectivity index (χ0v) is 28.8. The number of carboxylic acids is 1. The van der Waals surface area contributed by atoms with Crippen LogP contribution in [0.3, 0.4) is 0 Å². The Bertz CT molecular complexity index is 1490. The maximum atomic E-state index is 14.2. The molecular weight excluding hydrogens is 619 g/mol. The van der Waals surface area contributed by atoms with E-state index in [0.29, 0.717) is 49.2 Å². The molecule has 2 heterocycles. The molecule has 1 unspecified atom stereocenters. The van der Waals surface area contributed by atoms with Crippen molar-refractivity contribution >= 4 is 40.5 Å². The number of carbonyl (C=O) groups excluding carboxylic acids is 3. The van der Waals surface area contributed by atoms with Crippen LogP contribution in [0.4, 0.5) is 14.9 Å². The number of alkyl carbamates (subject to hydrolysis) is 1. The molecule has 2 saturated carbocycles. The van der Waals surface area contributed by atoms with Gasteiger partial charge in [0.05, 0.1) is 12.1 Å². The Balaban J connectivity index is 1.29. The maximum Gasteiger partial charge on any atom is 0.407 e. The number of aromatic carboxylic acids is 1. The van der Waals surface area contributed by atoms with Gasteiger partial charge < -0.3 is 34.7 Å². The van der Waals surface area contributed by atoms with Crippen LogP contribution in [0.15, 0.2) is 24.3 Å². The molecule has 11 nitrogen and oxygen atoms in total. The molecule has 1 aliphatic heterocycles. The highest BCUT2D eigenvalue weighted by Crippen LogP contribution is 2.42. The first kappa shape index (κ1) is 35.6. The predicted octanol–water partition coefficient (Wildman–Crippen LogP) is 5.91. The van der Waals surface area contributed by atoms with Crippen molar-refractivity contribution in [2.45, 2.75) is 102 Å². The van der Waals surface area contributed by atoms with E-state index >= 15 is 0 Å². The van der Waals surface area contributed by atoms with Crippen LogP contribution in [0.5, 0.6) is 0 Å². The SMILES string of the molecule is COC1CCC([C@@H]2CCN(C(=O)C3CCC(C(CF)NC(=O)OC(C)(C)C)CC3)[C@@H]2C(=O)Nc2ccc3c(c2)cc(C(=O)O)n3C)CC1. The van der Waals surface area contributed by atoms with Crippen LogP contribution in [0.25, 0.3) is 10.9 Å². The Labute approximate surface area is 281 Å². The first-order valence-corrected chi connectivity index (χ1v) is 17.3. The fraction of sp³-hybridized carbons (Fsp3) is 0.667. The molecule has 3 amide bonds. The number of hydrogen-bond donors (Lipinski definition) is 3. The molecule has 3 N–H and O–H groups in total. The number of likely N-dealkylation sites (tertiary alicyclic amines) is 1. The zero-order valence-electron chi connectivity index (χ0n) is 28.8. The van der Waals surface area contributed by atoms with Crippen LogP contribution in [0, 0.1) is 23.7 Å². The topological polar surface area (TPSA) is 139 Å². The number of benzene rings is 1. The predicted molar refractivity (Wildman–Crippen MR) is 179 cm³/mol. The van der Waals surface area contributed by atoms with Gasteiger partial charge in [-0.2, -0.15) is 0 Å². The number of halogens is 1. The number of carbonyl (C=O) groups is 4. The lowest BCUT2D eigenvalue weighted by Crippen LogP contribution is -2.50. The Morgan fingerprint density at radius 2 is 1.69 bits per heavy atom. The molecule has 5 rings (SSSR count). The van der Waals surface area contributed by atoms with Crippen molar-refractivity contribution in [2.24, 2.45) is 30.7 Å². The minimum Gasteiger partial charge on any atom is -0.477 e. The fourth-order valence-corrected chi connectivity index (χ4v) is 8.24. The van der Waals surface area contributed by atoms with Crippen molar-refractivity contribution in [3.63, 3.8) is 0 Å². The van der Waals surface area contributed by atoms with Gasteiger partial charge >= 0.3 is 12.1 Å². The van der Waals surface area contributed by atoms with Crippen LogP contribution in [-0.2, 0) is 26.1 Å². The summed E-state index contributed by atoms with van der Waals surface area (Å²) in [6.07, 6.45) is 6.32. The second-order valence-electron chi connectivity index (χ2n) is 14.9. The van der Waals surface area contributed by atoms with Crippen molar-refractivity contribution in [3.8, 4) is 0 Å². The van der Waals surface area contributed by atoms with Gasteiger partial charge in [0.15, 0.2) is 0 Å². The number of nitrogens with one attached hydrogen (secondary N) is 2.